The third-order valence-corrected chi connectivity index (χ3v) is 0.740. The van der Waals surface area contributed by atoms with Crippen molar-refractivity contribution in [3.63, 3.8) is 0 Å². The Morgan fingerprint density at radius 3 is 2.38 bits per heavy atom. The maximum absolute atomic E-state index is 9.83. The van der Waals surface area contributed by atoms with Crippen molar-refractivity contribution in [1.82, 2.24) is 0 Å². The Labute approximate surface area is 47.5 Å². The van der Waals surface area contributed by atoms with Gasteiger partial charge in [0.1, 0.15) is 0 Å². The van der Waals surface area contributed by atoms with E-state index in [-0.39, 0.29) is 13.0 Å². The molecular formula is C4H10N2O2. The summed E-state index contributed by atoms with van der Waals surface area (Å²) in [7, 11) is 0. The van der Waals surface area contributed by atoms with Gasteiger partial charge in [-0.3, -0.25) is 4.79 Å². The molecule has 0 amide bonds. The highest BCUT2D eigenvalue weighted by atomic mass is 16.4. The molecular weight excluding hydrogens is 108 g/mol. The highest BCUT2D eigenvalue weighted by Crippen LogP contribution is 1.82. The molecule has 4 heteroatoms. The van der Waals surface area contributed by atoms with E-state index in [0.717, 1.165) is 0 Å². The van der Waals surface area contributed by atoms with Gasteiger partial charge in [0.25, 0.3) is 0 Å². The Morgan fingerprint density at radius 1 is 1.75 bits per heavy atom. The van der Waals surface area contributed by atoms with E-state index in [0.29, 0.717) is 0 Å². The Hall–Kier alpha value is -0.610. The van der Waals surface area contributed by atoms with Crippen molar-refractivity contribution in [2.75, 3.05) is 6.54 Å². The van der Waals surface area contributed by atoms with Crippen LogP contribution in [0.1, 0.15) is 6.42 Å². The molecule has 0 rings (SSSR count). The van der Waals surface area contributed by atoms with Gasteiger partial charge < -0.3 is 16.6 Å². The second kappa shape index (κ2) is 3.40. The van der Waals surface area contributed by atoms with E-state index in [1.54, 1.807) is 0 Å². The van der Waals surface area contributed by atoms with Gasteiger partial charge in [0, 0.05) is 12.6 Å². The standard InChI is InChI=1S/C4H10N2O2/c5-2-3(6)1-4(7)8/h3H,1-2,5-6H2,(H,7,8)/t3-/m0/s1. The van der Waals surface area contributed by atoms with Crippen LogP contribution in [0.25, 0.3) is 0 Å². The number of carboxylic acids is 1. The topological polar surface area (TPSA) is 89.3 Å². The van der Waals surface area contributed by atoms with E-state index in [9.17, 15) is 4.79 Å². The fourth-order valence-corrected chi connectivity index (χ4v) is 0.308. The van der Waals surface area contributed by atoms with Crippen LogP contribution < -0.4 is 11.5 Å². The first-order chi connectivity index (χ1) is 3.66. The smallest absolute Gasteiger partial charge is 0.304 e. The van der Waals surface area contributed by atoms with Gasteiger partial charge in [-0.05, 0) is 0 Å². The van der Waals surface area contributed by atoms with Crippen LogP contribution in [-0.4, -0.2) is 23.7 Å². The van der Waals surface area contributed by atoms with Crippen LogP contribution in [0.3, 0.4) is 0 Å². The summed E-state index contributed by atoms with van der Waals surface area (Å²) in [6.45, 7) is 0.228. The van der Waals surface area contributed by atoms with E-state index in [1.807, 2.05) is 0 Å². The van der Waals surface area contributed by atoms with Crippen molar-refractivity contribution >= 4 is 5.97 Å². The van der Waals surface area contributed by atoms with Crippen molar-refractivity contribution in [2.24, 2.45) is 11.5 Å². The minimum atomic E-state index is -0.900. The summed E-state index contributed by atoms with van der Waals surface area (Å²) in [5.41, 5.74) is 10.2. The van der Waals surface area contributed by atoms with Gasteiger partial charge in [-0.2, -0.15) is 0 Å². The monoisotopic (exact) mass is 118 g/mol. The van der Waals surface area contributed by atoms with Gasteiger partial charge >= 0.3 is 5.97 Å². The summed E-state index contributed by atoms with van der Waals surface area (Å²) >= 11 is 0. The first-order valence-corrected chi connectivity index (χ1v) is 2.34. The van der Waals surface area contributed by atoms with Crippen molar-refractivity contribution in [3.8, 4) is 0 Å². The summed E-state index contributed by atoms with van der Waals surface area (Å²) in [5, 5.41) is 8.08. The lowest BCUT2D eigenvalue weighted by Crippen LogP contribution is -2.31. The summed E-state index contributed by atoms with van der Waals surface area (Å²) in [6, 6.07) is -0.396. The van der Waals surface area contributed by atoms with Crippen LogP contribution in [0.2, 0.25) is 0 Å². The van der Waals surface area contributed by atoms with Crippen molar-refractivity contribution in [1.29, 1.82) is 0 Å². The number of carbonyl (C=O) groups is 1. The number of carboxylic acid groups (broad SMARTS) is 1. The normalized spacial score (nSPS) is 13.2. The van der Waals surface area contributed by atoms with Crippen molar-refractivity contribution < 1.29 is 9.90 Å². The zero-order chi connectivity index (χ0) is 6.57. The molecule has 0 radical (unpaired) electrons. The molecule has 0 saturated heterocycles. The molecule has 0 aliphatic carbocycles. The Bertz CT molecular complexity index is 84.1. The maximum Gasteiger partial charge on any atom is 0.304 e. The molecule has 0 heterocycles. The third kappa shape index (κ3) is 3.58. The second-order valence-electron chi connectivity index (χ2n) is 1.59. The first-order valence-electron chi connectivity index (χ1n) is 2.34. The highest BCUT2D eigenvalue weighted by molar-refractivity contribution is 5.67. The highest BCUT2D eigenvalue weighted by Gasteiger charge is 2.03. The third-order valence-electron chi connectivity index (χ3n) is 0.740. The van der Waals surface area contributed by atoms with Crippen LogP contribution in [-0.2, 0) is 4.79 Å². The lowest BCUT2D eigenvalue weighted by atomic mass is 10.2. The molecule has 0 aromatic rings. The fourth-order valence-electron chi connectivity index (χ4n) is 0.308. The number of hydrogen-bond donors (Lipinski definition) is 3. The fraction of sp³-hybridized carbons (Fsp3) is 0.750. The van der Waals surface area contributed by atoms with Gasteiger partial charge in [-0.25, -0.2) is 0 Å². The Kier molecular flexibility index (Phi) is 3.14. The van der Waals surface area contributed by atoms with Crippen LogP contribution in [0.15, 0.2) is 0 Å². The zero-order valence-corrected chi connectivity index (χ0v) is 4.50. The Balaban J connectivity index is 3.24. The average molecular weight is 118 g/mol. The molecule has 48 valence electrons. The molecule has 0 fully saturated rings. The molecule has 0 aromatic heterocycles. The van der Waals surface area contributed by atoms with Gasteiger partial charge in [0.2, 0.25) is 0 Å². The van der Waals surface area contributed by atoms with Crippen LogP contribution >= 0.6 is 0 Å². The average Bonchev–Trinajstić information content (AvgIpc) is 1.65. The van der Waals surface area contributed by atoms with Crippen molar-refractivity contribution in [3.05, 3.63) is 0 Å². The van der Waals surface area contributed by atoms with Gasteiger partial charge in [-0.15, -0.1) is 0 Å². The minimum absolute atomic E-state index is 0.0451. The molecule has 0 unspecified atom stereocenters. The number of rotatable bonds is 3. The minimum Gasteiger partial charge on any atom is -0.481 e. The molecule has 4 nitrogen and oxygen atoms in total. The molecule has 0 spiro atoms. The van der Waals surface area contributed by atoms with Crippen LogP contribution in [0.4, 0.5) is 0 Å². The number of hydrogen-bond acceptors (Lipinski definition) is 3. The van der Waals surface area contributed by atoms with Crippen molar-refractivity contribution in [2.45, 2.75) is 12.5 Å². The zero-order valence-electron chi connectivity index (χ0n) is 4.50. The SMILES string of the molecule is NC[C@@H](N)CC(=O)O. The summed E-state index contributed by atoms with van der Waals surface area (Å²) < 4.78 is 0. The van der Waals surface area contributed by atoms with E-state index >= 15 is 0 Å². The summed E-state index contributed by atoms with van der Waals surface area (Å²) in [5.74, 6) is -0.900. The molecule has 0 aliphatic heterocycles. The van der Waals surface area contributed by atoms with E-state index in [2.05, 4.69) is 0 Å². The van der Waals surface area contributed by atoms with Gasteiger partial charge in [0.05, 0.1) is 6.42 Å². The van der Waals surface area contributed by atoms with Crippen LogP contribution in [0.5, 0.6) is 0 Å². The summed E-state index contributed by atoms with van der Waals surface area (Å²) in [6.07, 6.45) is -0.0451. The van der Waals surface area contributed by atoms with E-state index in [4.69, 9.17) is 16.6 Å². The molecule has 0 saturated carbocycles. The van der Waals surface area contributed by atoms with E-state index in [1.165, 1.54) is 0 Å². The maximum atomic E-state index is 9.83. The number of aliphatic carboxylic acids is 1. The molecule has 5 N–H and O–H groups in total. The first kappa shape index (κ1) is 7.39. The predicted molar refractivity (Wildman–Crippen MR) is 29.3 cm³/mol. The van der Waals surface area contributed by atoms with E-state index < -0.39 is 12.0 Å². The molecule has 0 aromatic carbocycles. The second-order valence-corrected chi connectivity index (χ2v) is 1.59. The van der Waals surface area contributed by atoms with Gasteiger partial charge in [-0.1, -0.05) is 0 Å². The molecule has 8 heavy (non-hydrogen) atoms. The quantitative estimate of drug-likeness (QED) is 0.432. The molecule has 0 bridgehead atoms. The number of nitrogens with two attached hydrogens (primary N) is 2. The lowest BCUT2D eigenvalue weighted by Gasteiger charge is -2.01. The molecule has 1 atom stereocenters. The van der Waals surface area contributed by atoms with Crippen LogP contribution in [0, 0.1) is 0 Å². The lowest BCUT2D eigenvalue weighted by molar-refractivity contribution is -0.137. The molecule has 0 aliphatic rings. The summed E-state index contributed by atoms with van der Waals surface area (Å²) in [4.78, 5) is 9.83. The Morgan fingerprint density at radius 2 is 2.25 bits per heavy atom. The largest absolute Gasteiger partial charge is 0.481 e. The van der Waals surface area contributed by atoms with Gasteiger partial charge in [0.15, 0.2) is 0 Å². The predicted octanol–water partition coefficient (Wildman–Crippen LogP) is -1.25.